The van der Waals surface area contributed by atoms with Gasteiger partial charge in [0, 0.05) is 23.7 Å². The third-order valence-electron chi connectivity index (χ3n) is 3.95. The number of benzene rings is 1. The average molecular weight is 346 g/mol. The lowest BCUT2D eigenvalue weighted by Crippen LogP contribution is -2.28. The van der Waals surface area contributed by atoms with Crippen molar-refractivity contribution in [1.82, 2.24) is 0 Å². The SMILES string of the molecule is CCCN(CCC)c1ccc(N=Nc2sc(C)c[n+]2CC)c(C)c1. The van der Waals surface area contributed by atoms with Gasteiger partial charge in [0.2, 0.25) is 0 Å². The van der Waals surface area contributed by atoms with Gasteiger partial charge in [0.15, 0.2) is 0 Å². The number of anilines is 1. The summed E-state index contributed by atoms with van der Waals surface area (Å²) in [5, 5.41) is 9.91. The minimum absolute atomic E-state index is 0.916. The maximum Gasteiger partial charge on any atom is 0.408 e. The number of azo groups is 1. The van der Waals surface area contributed by atoms with Gasteiger partial charge in [-0.25, -0.2) is 4.57 Å². The van der Waals surface area contributed by atoms with E-state index in [0.717, 1.165) is 43.3 Å². The van der Waals surface area contributed by atoms with Crippen LogP contribution in [-0.2, 0) is 6.54 Å². The zero-order valence-corrected chi connectivity index (χ0v) is 16.4. The molecule has 0 aliphatic carbocycles. The van der Waals surface area contributed by atoms with Crippen LogP contribution in [0.2, 0.25) is 0 Å². The smallest absolute Gasteiger partial charge is 0.372 e. The van der Waals surface area contributed by atoms with Gasteiger partial charge in [-0.15, -0.1) is 0 Å². The Hall–Kier alpha value is -1.75. The lowest BCUT2D eigenvalue weighted by molar-refractivity contribution is -0.677. The van der Waals surface area contributed by atoms with Gasteiger partial charge < -0.3 is 4.90 Å². The molecule has 1 aromatic carbocycles. The quantitative estimate of drug-likeness (QED) is 0.445. The zero-order chi connectivity index (χ0) is 17.5. The molecular formula is C19H29N4S+. The van der Waals surface area contributed by atoms with Gasteiger partial charge in [-0.05, 0) is 73.8 Å². The maximum absolute atomic E-state index is 4.49. The zero-order valence-electron chi connectivity index (χ0n) is 15.5. The standard InChI is InChI=1S/C19H29N4S/c1-6-11-23(12-7-2)17-9-10-18(15(4)13-17)20-21-19-22(8-3)14-16(5)24-19/h9-10,13-14H,6-8,11-12H2,1-5H3/q+1. The Bertz CT molecular complexity index is 685. The normalized spacial score (nSPS) is 11.4. The van der Waals surface area contributed by atoms with Gasteiger partial charge in [0.1, 0.15) is 11.9 Å². The molecule has 1 heterocycles. The summed E-state index contributed by atoms with van der Waals surface area (Å²) in [5.41, 5.74) is 3.40. The Labute approximate surface area is 149 Å². The highest BCUT2D eigenvalue weighted by molar-refractivity contribution is 7.14. The van der Waals surface area contributed by atoms with Crippen molar-refractivity contribution in [3.05, 3.63) is 34.8 Å². The predicted molar refractivity (Wildman–Crippen MR) is 103 cm³/mol. The number of aromatic nitrogens is 1. The number of rotatable bonds is 8. The van der Waals surface area contributed by atoms with Gasteiger partial charge in [0.25, 0.3) is 0 Å². The molecule has 0 aliphatic rings. The summed E-state index contributed by atoms with van der Waals surface area (Å²) < 4.78 is 2.14. The molecule has 0 saturated heterocycles. The summed E-state index contributed by atoms with van der Waals surface area (Å²) in [5.74, 6) is 0. The molecule has 0 amide bonds. The molecule has 2 aromatic rings. The third-order valence-corrected chi connectivity index (χ3v) is 4.88. The van der Waals surface area contributed by atoms with E-state index in [1.165, 1.54) is 16.1 Å². The molecule has 0 bridgehead atoms. The van der Waals surface area contributed by atoms with Gasteiger partial charge in [0.05, 0.1) is 11.7 Å². The second-order valence-corrected chi connectivity index (χ2v) is 7.28. The van der Waals surface area contributed by atoms with Crippen LogP contribution in [0.4, 0.5) is 16.5 Å². The van der Waals surface area contributed by atoms with E-state index in [4.69, 9.17) is 0 Å². The van der Waals surface area contributed by atoms with Crippen LogP contribution in [-0.4, -0.2) is 13.1 Å². The van der Waals surface area contributed by atoms with Crippen molar-refractivity contribution < 1.29 is 4.57 Å². The van der Waals surface area contributed by atoms with Crippen molar-refractivity contribution in [2.75, 3.05) is 18.0 Å². The second kappa shape index (κ2) is 8.92. The summed E-state index contributed by atoms with van der Waals surface area (Å²) in [7, 11) is 0. The fraction of sp³-hybridized carbons (Fsp3) is 0.526. The van der Waals surface area contributed by atoms with Gasteiger partial charge in [-0.1, -0.05) is 13.8 Å². The van der Waals surface area contributed by atoms with Crippen LogP contribution < -0.4 is 9.47 Å². The topological polar surface area (TPSA) is 31.8 Å². The molecule has 0 fully saturated rings. The fourth-order valence-electron chi connectivity index (χ4n) is 2.76. The molecule has 0 atom stereocenters. The van der Waals surface area contributed by atoms with E-state index in [9.17, 15) is 0 Å². The minimum Gasteiger partial charge on any atom is -0.372 e. The van der Waals surface area contributed by atoms with Crippen LogP contribution in [0.15, 0.2) is 34.6 Å². The van der Waals surface area contributed by atoms with E-state index in [2.05, 4.69) is 78.7 Å². The van der Waals surface area contributed by atoms with Crippen molar-refractivity contribution in [1.29, 1.82) is 0 Å². The molecule has 0 aliphatic heterocycles. The molecule has 1 aromatic heterocycles. The molecule has 2 rings (SSSR count). The molecule has 24 heavy (non-hydrogen) atoms. The Morgan fingerprint density at radius 2 is 1.75 bits per heavy atom. The van der Waals surface area contributed by atoms with E-state index in [1.54, 1.807) is 11.3 Å². The molecule has 130 valence electrons. The van der Waals surface area contributed by atoms with Gasteiger partial charge in [-0.2, -0.15) is 0 Å². The first-order valence-corrected chi connectivity index (χ1v) is 9.67. The number of thiazole rings is 1. The molecule has 0 spiro atoms. The molecule has 0 unspecified atom stereocenters. The van der Waals surface area contributed by atoms with E-state index >= 15 is 0 Å². The van der Waals surface area contributed by atoms with Crippen LogP contribution >= 0.6 is 11.3 Å². The Balaban J connectivity index is 2.21. The third kappa shape index (κ3) is 4.63. The number of nitrogens with zero attached hydrogens (tertiary/aromatic N) is 4. The van der Waals surface area contributed by atoms with Crippen molar-refractivity contribution in [3.8, 4) is 0 Å². The van der Waals surface area contributed by atoms with Crippen molar-refractivity contribution in [3.63, 3.8) is 0 Å². The highest BCUT2D eigenvalue weighted by Gasteiger charge is 2.14. The van der Waals surface area contributed by atoms with Crippen LogP contribution in [0.25, 0.3) is 0 Å². The van der Waals surface area contributed by atoms with Crippen molar-refractivity contribution >= 4 is 27.8 Å². The average Bonchev–Trinajstić information content (AvgIpc) is 2.93. The first-order valence-electron chi connectivity index (χ1n) is 8.86. The molecule has 4 nitrogen and oxygen atoms in total. The summed E-state index contributed by atoms with van der Waals surface area (Å²) in [6.45, 7) is 13.9. The van der Waals surface area contributed by atoms with Gasteiger partial charge >= 0.3 is 5.13 Å². The first kappa shape index (κ1) is 18.6. The van der Waals surface area contributed by atoms with Crippen LogP contribution in [0.5, 0.6) is 0 Å². The number of hydrogen-bond acceptors (Lipinski definition) is 4. The van der Waals surface area contributed by atoms with E-state index in [1.807, 2.05) is 0 Å². The Morgan fingerprint density at radius 3 is 2.33 bits per heavy atom. The minimum atomic E-state index is 0.916. The van der Waals surface area contributed by atoms with Crippen LogP contribution in [0.3, 0.4) is 0 Å². The van der Waals surface area contributed by atoms with E-state index in [0.29, 0.717) is 0 Å². The largest absolute Gasteiger partial charge is 0.408 e. The highest BCUT2D eigenvalue weighted by atomic mass is 32.1. The fourth-order valence-corrected chi connectivity index (χ4v) is 3.61. The van der Waals surface area contributed by atoms with Crippen molar-refractivity contribution in [2.45, 2.75) is 54.0 Å². The maximum atomic E-state index is 4.49. The lowest BCUT2D eigenvalue weighted by Gasteiger charge is -2.24. The molecule has 0 saturated carbocycles. The monoisotopic (exact) mass is 345 g/mol. The summed E-state index contributed by atoms with van der Waals surface area (Å²) in [6.07, 6.45) is 4.45. The number of aryl methyl sites for hydroxylation is 3. The highest BCUT2D eigenvalue weighted by Crippen LogP contribution is 2.27. The summed E-state index contributed by atoms with van der Waals surface area (Å²) >= 11 is 1.68. The van der Waals surface area contributed by atoms with Gasteiger partial charge in [-0.3, -0.25) is 0 Å². The molecular weight excluding hydrogens is 316 g/mol. The Kier molecular flexibility index (Phi) is 6.91. The summed E-state index contributed by atoms with van der Waals surface area (Å²) in [4.78, 5) is 3.70. The molecule has 0 N–H and O–H groups in total. The summed E-state index contributed by atoms with van der Waals surface area (Å²) in [6, 6.07) is 6.48. The first-order chi connectivity index (χ1) is 11.6. The predicted octanol–water partition coefficient (Wildman–Crippen LogP) is 5.71. The molecule has 0 radical (unpaired) electrons. The van der Waals surface area contributed by atoms with E-state index < -0.39 is 0 Å². The molecule has 5 heteroatoms. The second-order valence-electron chi connectivity index (χ2n) is 6.07. The van der Waals surface area contributed by atoms with Crippen LogP contribution in [0, 0.1) is 13.8 Å². The van der Waals surface area contributed by atoms with E-state index in [-0.39, 0.29) is 0 Å². The lowest BCUT2D eigenvalue weighted by atomic mass is 10.1. The Morgan fingerprint density at radius 1 is 1.04 bits per heavy atom. The number of hydrogen-bond donors (Lipinski definition) is 0. The van der Waals surface area contributed by atoms with Crippen LogP contribution in [0.1, 0.15) is 44.1 Å². The van der Waals surface area contributed by atoms with Crippen molar-refractivity contribution in [2.24, 2.45) is 10.2 Å².